The van der Waals surface area contributed by atoms with Crippen LogP contribution in [0, 0.1) is 17.3 Å². The SMILES string of the molecule is CCOc1cc(N2C(=O)CC(C(F)(F)F)N(C)C2=O)c(F)cc1C#C[Si](C)(C)C. The molecule has 0 spiro atoms. The summed E-state index contributed by atoms with van der Waals surface area (Å²) >= 11 is 0. The van der Waals surface area contributed by atoms with Gasteiger partial charge in [-0.25, -0.2) is 14.1 Å². The number of carbonyl (C=O) groups excluding carboxylic acids is 2. The maximum atomic E-state index is 14.8. The van der Waals surface area contributed by atoms with Gasteiger partial charge < -0.3 is 9.64 Å². The highest BCUT2D eigenvalue weighted by Gasteiger charge is 2.51. The molecule has 5 nitrogen and oxygen atoms in total. The van der Waals surface area contributed by atoms with E-state index in [9.17, 15) is 27.2 Å². The van der Waals surface area contributed by atoms with Crippen molar-refractivity contribution in [3.8, 4) is 17.2 Å². The number of nitrogens with zero attached hydrogens (tertiary/aromatic N) is 2. The van der Waals surface area contributed by atoms with E-state index in [-0.39, 0.29) is 17.9 Å². The highest BCUT2D eigenvalue weighted by atomic mass is 28.3. The van der Waals surface area contributed by atoms with E-state index in [0.717, 1.165) is 19.2 Å². The summed E-state index contributed by atoms with van der Waals surface area (Å²) in [5.74, 6) is 0.924. The van der Waals surface area contributed by atoms with Crippen molar-refractivity contribution in [2.45, 2.75) is 45.2 Å². The maximum Gasteiger partial charge on any atom is 0.409 e. The van der Waals surface area contributed by atoms with Gasteiger partial charge in [0.25, 0.3) is 0 Å². The summed E-state index contributed by atoms with van der Waals surface area (Å²) in [5.41, 5.74) is 2.85. The minimum absolute atomic E-state index is 0.149. The first-order valence-electron chi connectivity index (χ1n) is 8.92. The minimum Gasteiger partial charge on any atom is -0.492 e. The van der Waals surface area contributed by atoms with E-state index in [1.165, 1.54) is 0 Å². The van der Waals surface area contributed by atoms with E-state index >= 15 is 0 Å². The monoisotopic (exact) mass is 430 g/mol. The standard InChI is InChI=1S/C19H22F4N2O3Si/c1-6-28-15-10-14(13(20)9-12(15)7-8-29(3,4)5)25-17(26)11-16(19(21,22)23)24(2)18(25)27/h9-10,16H,6,11H2,1-5H3. The molecule has 0 aromatic heterocycles. The van der Waals surface area contributed by atoms with E-state index in [1.807, 2.05) is 19.6 Å². The van der Waals surface area contributed by atoms with Gasteiger partial charge in [0.05, 0.1) is 24.3 Å². The second kappa shape index (κ2) is 8.06. The number of alkyl halides is 3. The van der Waals surface area contributed by atoms with Crippen LogP contribution in [0.4, 0.5) is 28.0 Å². The summed E-state index contributed by atoms with van der Waals surface area (Å²) in [5, 5.41) is 0. The van der Waals surface area contributed by atoms with Crippen LogP contribution < -0.4 is 9.64 Å². The van der Waals surface area contributed by atoms with Crippen LogP contribution in [0.1, 0.15) is 18.9 Å². The number of ether oxygens (including phenoxy) is 1. The molecule has 158 valence electrons. The molecule has 2 rings (SSSR count). The molecule has 0 bridgehead atoms. The number of carbonyl (C=O) groups is 2. The van der Waals surface area contributed by atoms with Gasteiger partial charge in [0, 0.05) is 13.1 Å². The average molecular weight is 430 g/mol. The molecule has 1 aromatic rings. The summed E-state index contributed by atoms with van der Waals surface area (Å²) < 4.78 is 59.5. The van der Waals surface area contributed by atoms with Crippen LogP contribution in [0.15, 0.2) is 12.1 Å². The van der Waals surface area contributed by atoms with Crippen LogP contribution >= 0.6 is 0 Å². The molecule has 0 aliphatic carbocycles. The Kier molecular flexibility index (Phi) is 6.32. The molecular weight excluding hydrogens is 408 g/mol. The molecule has 1 atom stereocenters. The predicted molar refractivity (Wildman–Crippen MR) is 103 cm³/mol. The molecular formula is C19H22F4N2O3Si. The second-order valence-corrected chi connectivity index (χ2v) is 12.4. The number of hydrogen-bond acceptors (Lipinski definition) is 3. The van der Waals surface area contributed by atoms with Gasteiger partial charge in [-0.3, -0.25) is 4.79 Å². The third-order valence-electron chi connectivity index (χ3n) is 4.12. The number of benzene rings is 1. The summed E-state index contributed by atoms with van der Waals surface area (Å²) in [6.45, 7) is 7.91. The fraction of sp³-hybridized carbons (Fsp3) is 0.474. The summed E-state index contributed by atoms with van der Waals surface area (Å²) in [6.07, 6.45) is -5.76. The van der Waals surface area contributed by atoms with E-state index in [1.54, 1.807) is 6.92 Å². The molecule has 1 aromatic carbocycles. The fourth-order valence-electron chi connectivity index (χ4n) is 2.71. The highest BCUT2D eigenvalue weighted by Crippen LogP contribution is 2.35. The van der Waals surface area contributed by atoms with Gasteiger partial charge in [-0.15, -0.1) is 5.54 Å². The first kappa shape index (κ1) is 22.7. The molecule has 29 heavy (non-hydrogen) atoms. The Morgan fingerprint density at radius 3 is 2.38 bits per heavy atom. The van der Waals surface area contributed by atoms with Gasteiger partial charge in [-0.2, -0.15) is 13.2 Å². The van der Waals surface area contributed by atoms with Gasteiger partial charge >= 0.3 is 12.2 Å². The lowest BCUT2D eigenvalue weighted by Crippen LogP contribution is -2.60. The lowest BCUT2D eigenvalue weighted by atomic mass is 10.1. The number of amides is 3. The van der Waals surface area contributed by atoms with Crippen LogP contribution in [-0.2, 0) is 4.79 Å². The molecule has 1 aliphatic heterocycles. The molecule has 0 radical (unpaired) electrons. The summed E-state index contributed by atoms with van der Waals surface area (Å²) in [6, 6.07) is -1.35. The van der Waals surface area contributed by atoms with E-state index in [0.29, 0.717) is 9.80 Å². The first-order chi connectivity index (χ1) is 13.3. The maximum absolute atomic E-state index is 14.8. The van der Waals surface area contributed by atoms with Crippen molar-refractivity contribution in [1.29, 1.82) is 0 Å². The van der Waals surface area contributed by atoms with Crippen molar-refractivity contribution in [3.05, 3.63) is 23.5 Å². The van der Waals surface area contributed by atoms with Crippen LogP contribution in [-0.4, -0.2) is 50.8 Å². The van der Waals surface area contributed by atoms with Crippen LogP contribution in [0.2, 0.25) is 19.6 Å². The quantitative estimate of drug-likeness (QED) is 0.411. The van der Waals surface area contributed by atoms with Crippen molar-refractivity contribution in [2.24, 2.45) is 0 Å². The molecule has 10 heteroatoms. The highest BCUT2D eigenvalue weighted by molar-refractivity contribution is 6.83. The molecule has 1 aliphatic rings. The third kappa shape index (κ3) is 5.09. The number of rotatable bonds is 3. The fourth-order valence-corrected chi connectivity index (χ4v) is 3.22. The van der Waals surface area contributed by atoms with Crippen molar-refractivity contribution in [1.82, 2.24) is 4.90 Å². The van der Waals surface area contributed by atoms with Crippen LogP contribution in [0.25, 0.3) is 0 Å². The predicted octanol–water partition coefficient (Wildman–Crippen LogP) is 4.17. The summed E-state index contributed by atoms with van der Waals surface area (Å²) in [4.78, 5) is 25.6. The molecule has 1 saturated heterocycles. The number of urea groups is 1. The van der Waals surface area contributed by atoms with E-state index < -0.39 is 50.2 Å². The van der Waals surface area contributed by atoms with Gasteiger partial charge in [0.2, 0.25) is 5.91 Å². The lowest BCUT2D eigenvalue weighted by molar-refractivity contribution is -0.179. The zero-order chi connectivity index (χ0) is 22.1. The van der Waals surface area contributed by atoms with Gasteiger partial charge in [0.1, 0.15) is 25.7 Å². The van der Waals surface area contributed by atoms with E-state index in [4.69, 9.17) is 4.74 Å². The largest absolute Gasteiger partial charge is 0.492 e. The summed E-state index contributed by atoms with van der Waals surface area (Å²) in [7, 11) is -0.851. The van der Waals surface area contributed by atoms with Crippen LogP contribution in [0.5, 0.6) is 5.75 Å². The van der Waals surface area contributed by atoms with Crippen molar-refractivity contribution >= 4 is 25.7 Å². The van der Waals surface area contributed by atoms with Crippen molar-refractivity contribution in [2.75, 3.05) is 18.6 Å². The van der Waals surface area contributed by atoms with Gasteiger partial charge in [-0.05, 0) is 13.0 Å². The second-order valence-electron chi connectivity index (χ2n) is 7.62. The Bertz CT molecular complexity index is 884. The molecule has 1 heterocycles. The molecule has 1 fully saturated rings. The zero-order valence-electron chi connectivity index (χ0n) is 16.8. The Balaban J connectivity index is 2.52. The topological polar surface area (TPSA) is 49.9 Å². The molecule has 3 amide bonds. The van der Waals surface area contributed by atoms with Gasteiger partial charge in [0.15, 0.2) is 0 Å². The average Bonchev–Trinajstić information content (AvgIpc) is 2.57. The Labute approximate surface area is 167 Å². The first-order valence-corrected chi connectivity index (χ1v) is 12.4. The van der Waals surface area contributed by atoms with Crippen molar-refractivity contribution in [3.63, 3.8) is 0 Å². The Hall–Kier alpha value is -2.54. The third-order valence-corrected chi connectivity index (χ3v) is 4.99. The molecule has 0 N–H and O–H groups in total. The smallest absolute Gasteiger partial charge is 0.409 e. The zero-order valence-corrected chi connectivity index (χ0v) is 17.8. The van der Waals surface area contributed by atoms with Crippen molar-refractivity contribution < 1.29 is 31.9 Å². The normalized spacial score (nSPS) is 17.9. The number of halogens is 4. The number of anilines is 1. The number of imide groups is 1. The molecule has 1 unspecified atom stereocenters. The van der Waals surface area contributed by atoms with Crippen LogP contribution in [0.3, 0.4) is 0 Å². The number of hydrogen-bond donors (Lipinski definition) is 0. The van der Waals surface area contributed by atoms with Gasteiger partial charge in [-0.1, -0.05) is 25.6 Å². The molecule has 0 saturated carbocycles. The Morgan fingerprint density at radius 2 is 1.86 bits per heavy atom. The van der Waals surface area contributed by atoms with E-state index in [2.05, 4.69) is 11.5 Å². The lowest BCUT2D eigenvalue weighted by Gasteiger charge is -2.38. The minimum atomic E-state index is -4.77. The Morgan fingerprint density at radius 1 is 1.24 bits per heavy atom.